The number of thioether (sulfide) groups is 1. The average Bonchev–Trinajstić information content (AvgIpc) is 3.06. The van der Waals surface area contributed by atoms with Gasteiger partial charge >= 0.3 is 0 Å². The van der Waals surface area contributed by atoms with E-state index in [0.717, 1.165) is 55.7 Å². The molecule has 1 aliphatic carbocycles. The molecule has 0 bridgehead atoms. The minimum Gasteiger partial charge on any atom is -0.339 e. The number of hydrogen-bond donors (Lipinski definition) is 0. The zero-order chi connectivity index (χ0) is 20.5. The van der Waals surface area contributed by atoms with Gasteiger partial charge in [0.1, 0.15) is 4.83 Å². The molecule has 156 valence electrons. The number of aryl methyl sites for hydroxylation is 1. The standard InChI is InChI=1S/C21H28N4O2S2/c1-4-7-25-20(27)18-15-6-5-14(2)12-16(15)29-19(18)22-21(25)28-13-17(26)24-10-8-23(3)9-11-24/h4,14H,1,5-13H2,2-3H3. The molecule has 4 rings (SSSR count). The van der Waals surface area contributed by atoms with Gasteiger partial charge < -0.3 is 9.80 Å². The van der Waals surface area contributed by atoms with Crippen molar-refractivity contribution in [2.75, 3.05) is 39.0 Å². The molecule has 6 nitrogen and oxygen atoms in total. The molecule has 2 aromatic heterocycles. The molecule has 1 saturated heterocycles. The number of thiophene rings is 1. The van der Waals surface area contributed by atoms with Crippen LogP contribution in [0.15, 0.2) is 22.6 Å². The summed E-state index contributed by atoms with van der Waals surface area (Å²) in [5.74, 6) is 1.07. The summed E-state index contributed by atoms with van der Waals surface area (Å²) in [5, 5.41) is 1.41. The first-order chi connectivity index (χ1) is 14.0. The van der Waals surface area contributed by atoms with Crippen LogP contribution in [0.25, 0.3) is 10.2 Å². The summed E-state index contributed by atoms with van der Waals surface area (Å²) in [4.78, 5) is 37.1. The van der Waals surface area contributed by atoms with Gasteiger partial charge in [-0.15, -0.1) is 17.9 Å². The summed E-state index contributed by atoms with van der Waals surface area (Å²) in [6.45, 7) is 9.81. The molecule has 8 heteroatoms. The molecule has 29 heavy (non-hydrogen) atoms. The van der Waals surface area contributed by atoms with Crippen LogP contribution >= 0.6 is 23.1 Å². The number of piperazine rings is 1. The molecule has 1 atom stereocenters. The lowest BCUT2D eigenvalue weighted by Crippen LogP contribution is -2.47. The molecular formula is C21H28N4O2S2. The van der Waals surface area contributed by atoms with Crippen molar-refractivity contribution in [2.24, 2.45) is 5.92 Å². The van der Waals surface area contributed by atoms with Gasteiger partial charge in [0.15, 0.2) is 5.16 Å². The Morgan fingerprint density at radius 3 is 2.83 bits per heavy atom. The van der Waals surface area contributed by atoms with Crippen LogP contribution in [0.2, 0.25) is 0 Å². The summed E-state index contributed by atoms with van der Waals surface area (Å²) >= 11 is 3.03. The number of allylic oxidation sites excluding steroid dienone is 1. The Balaban J connectivity index is 1.61. The van der Waals surface area contributed by atoms with Gasteiger partial charge in [0, 0.05) is 37.6 Å². The first kappa shape index (κ1) is 20.6. The lowest BCUT2D eigenvalue weighted by atomic mass is 9.89. The van der Waals surface area contributed by atoms with Crippen molar-refractivity contribution >= 4 is 39.2 Å². The highest BCUT2D eigenvalue weighted by molar-refractivity contribution is 7.99. The van der Waals surface area contributed by atoms with Crippen molar-refractivity contribution in [3.05, 3.63) is 33.4 Å². The molecule has 2 aromatic rings. The maximum absolute atomic E-state index is 13.3. The van der Waals surface area contributed by atoms with E-state index in [2.05, 4.69) is 25.5 Å². The first-order valence-corrected chi connectivity index (χ1v) is 12.0. The molecule has 0 spiro atoms. The number of carbonyl (C=O) groups is 1. The van der Waals surface area contributed by atoms with E-state index in [-0.39, 0.29) is 11.5 Å². The van der Waals surface area contributed by atoms with Crippen LogP contribution < -0.4 is 5.56 Å². The Hall–Kier alpha value is -1.64. The maximum atomic E-state index is 13.3. The second-order valence-electron chi connectivity index (χ2n) is 8.10. The van der Waals surface area contributed by atoms with E-state index >= 15 is 0 Å². The lowest BCUT2D eigenvalue weighted by Gasteiger charge is -2.32. The lowest BCUT2D eigenvalue weighted by molar-refractivity contribution is -0.129. The third-order valence-corrected chi connectivity index (χ3v) is 7.98. The van der Waals surface area contributed by atoms with Crippen molar-refractivity contribution in [3.63, 3.8) is 0 Å². The van der Waals surface area contributed by atoms with Crippen LogP contribution in [0.3, 0.4) is 0 Å². The van der Waals surface area contributed by atoms with Crippen LogP contribution in [0.4, 0.5) is 0 Å². The highest BCUT2D eigenvalue weighted by Gasteiger charge is 2.25. The van der Waals surface area contributed by atoms with Crippen molar-refractivity contribution in [1.82, 2.24) is 19.4 Å². The number of likely N-dealkylation sites (N-methyl/N-ethyl adjacent to an activating group) is 1. The van der Waals surface area contributed by atoms with E-state index in [1.54, 1.807) is 22.0 Å². The molecule has 0 saturated carbocycles. The summed E-state index contributed by atoms with van der Waals surface area (Å²) in [5.41, 5.74) is 1.21. The number of aromatic nitrogens is 2. The number of amides is 1. The van der Waals surface area contributed by atoms with Crippen molar-refractivity contribution in [2.45, 2.75) is 37.9 Å². The van der Waals surface area contributed by atoms with Crippen LogP contribution in [-0.4, -0.2) is 64.2 Å². The molecule has 2 aliphatic rings. The van der Waals surface area contributed by atoms with Crippen LogP contribution in [0, 0.1) is 5.92 Å². The van der Waals surface area contributed by atoms with Crippen LogP contribution in [-0.2, 0) is 24.2 Å². The second kappa shape index (κ2) is 8.62. The third kappa shape index (κ3) is 4.15. The first-order valence-electron chi connectivity index (χ1n) is 10.2. The van der Waals surface area contributed by atoms with Gasteiger partial charge in [-0.25, -0.2) is 4.98 Å². The fraction of sp³-hybridized carbons (Fsp3) is 0.571. The molecule has 1 unspecified atom stereocenters. The fourth-order valence-corrected chi connectivity index (χ4v) is 6.41. The predicted molar refractivity (Wildman–Crippen MR) is 120 cm³/mol. The second-order valence-corrected chi connectivity index (χ2v) is 10.1. The van der Waals surface area contributed by atoms with Gasteiger partial charge in [0.05, 0.1) is 11.1 Å². The van der Waals surface area contributed by atoms with Gasteiger partial charge in [-0.1, -0.05) is 24.8 Å². The average molecular weight is 433 g/mol. The summed E-state index contributed by atoms with van der Waals surface area (Å²) in [6.07, 6.45) is 4.83. The molecule has 1 amide bonds. The van der Waals surface area contributed by atoms with E-state index in [9.17, 15) is 9.59 Å². The van der Waals surface area contributed by atoms with Gasteiger partial charge in [0.25, 0.3) is 5.56 Å². The van der Waals surface area contributed by atoms with Gasteiger partial charge in [-0.2, -0.15) is 0 Å². The topological polar surface area (TPSA) is 58.4 Å². The Labute approximate surface area is 179 Å². The monoisotopic (exact) mass is 432 g/mol. The Bertz CT molecular complexity index is 989. The maximum Gasteiger partial charge on any atom is 0.263 e. The van der Waals surface area contributed by atoms with Crippen LogP contribution in [0.1, 0.15) is 23.8 Å². The SMILES string of the molecule is C=CCn1c(SCC(=O)N2CCN(C)CC2)nc2sc3c(c2c1=O)CCC(C)C3. The quantitative estimate of drug-likeness (QED) is 0.413. The zero-order valence-electron chi connectivity index (χ0n) is 17.1. The number of rotatable bonds is 5. The number of hydrogen-bond acceptors (Lipinski definition) is 6. The molecule has 0 radical (unpaired) electrons. The van der Waals surface area contributed by atoms with Gasteiger partial charge in [-0.05, 0) is 37.8 Å². The molecule has 0 N–H and O–H groups in total. The van der Waals surface area contributed by atoms with Crippen molar-refractivity contribution in [3.8, 4) is 0 Å². The largest absolute Gasteiger partial charge is 0.339 e. The highest BCUT2D eigenvalue weighted by Crippen LogP contribution is 2.36. The van der Waals surface area contributed by atoms with E-state index in [4.69, 9.17) is 4.98 Å². The zero-order valence-corrected chi connectivity index (χ0v) is 18.8. The van der Waals surface area contributed by atoms with Gasteiger partial charge in [0.2, 0.25) is 5.91 Å². The molecule has 3 heterocycles. The van der Waals surface area contributed by atoms with E-state index < -0.39 is 0 Å². The Morgan fingerprint density at radius 1 is 1.34 bits per heavy atom. The smallest absolute Gasteiger partial charge is 0.263 e. The number of carbonyl (C=O) groups excluding carboxylic acids is 1. The highest BCUT2D eigenvalue weighted by atomic mass is 32.2. The van der Waals surface area contributed by atoms with Crippen LogP contribution in [0.5, 0.6) is 0 Å². The van der Waals surface area contributed by atoms with Crippen molar-refractivity contribution < 1.29 is 4.79 Å². The molecule has 1 fully saturated rings. The third-order valence-electron chi connectivity index (χ3n) is 5.87. The van der Waals surface area contributed by atoms with Crippen molar-refractivity contribution in [1.29, 1.82) is 0 Å². The van der Waals surface area contributed by atoms with Gasteiger partial charge in [-0.3, -0.25) is 14.2 Å². The number of nitrogens with zero attached hydrogens (tertiary/aromatic N) is 4. The minimum absolute atomic E-state index is 0.0106. The fourth-order valence-electron chi connectivity index (χ4n) is 4.08. The summed E-state index contributed by atoms with van der Waals surface area (Å²) < 4.78 is 1.68. The van der Waals surface area contributed by atoms with E-state index in [1.165, 1.54) is 22.2 Å². The minimum atomic E-state index is 0.0106. The number of fused-ring (bicyclic) bond motifs is 3. The Morgan fingerprint density at radius 2 is 2.10 bits per heavy atom. The molecule has 0 aromatic carbocycles. The molecular weight excluding hydrogens is 404 g/mol. The Kier molecular flexibility index (Phi) is 6.13. The normalized spacial score (nSPS) is 20.1. The van der Waals surface area contributed by atoms with E-state index in [0.29, 0.717) is 23.4 Å². The predicted octanol–water partition coefficient (Wildman–Crippen LogP) is 2.63. The molecule has 1 aliphatic heterocycles. The summed E-state index contributed by atoms with van der Waals surface area (Å²) in [6, 6.07) is 0. The summed E-state index contributed by atoms with van der Waals surface area (Å²) in [7, 11) is 2.07. The van der Waals surface area contributed by atoms with E-state index in [1.807, 2.05) is 4.90 Å².